The summed E-state index contributed by atoms with van der Waals surface area (Å²) in [6.07, 6.45) is 6.74. The average Bonchev–Trinajstić information content (AvgIpc) is 2.65. The summed E-state index contributed by atoms with van der Waals surface area (Å²) >= 11 is 0. The molecule has 170 valence electrons. The molecular formula is C20H40Na2O7S. The standard InChI is InChI=1S/C20H38O7S.2Na.2H/c1-5-9-11-16(7-3)14-26-19(21)13-18(28(23,24)25)20(22)27-15-17(8-4)12-10-6-2;;;;/h16-18H,5-15H2,1-4H3,(H,23,24,25);;;;/q;2*+1;2*-1. The Balaban J connectivity index is -0.000000607. The second-order valence-electron chi connectivity index (χ2n) is 7.35. The molecule has 0 saturated heterocycles. The van der Waals surface area contributed by atoms with Crippen LogP contribution in [0.1, 0.15) is 88.3 Å². The molecule has 1 N–H and O–H groups in total. The van der Waals surface area contributed by atoms with Gasteiger partial charge in [-0.2, -0.15) is 8.42 Å². The molecule has 0 rings (SSSR count). The second kappa shape index (κ2) is 20.5. The molecule has 0 bridgehead atoms. The van der Waals surface area contributed by atoms with E-state index in [2.05, 4.69) is 13.8 Å². The van der Waals surface area contributed by atoms with E-state index in [4.69, 9.17) is 9.47 Å². The van der Waals surface area contributed by atoms with E-state index >= 15 is 0 Å². The van der Waals surface area contributed by atoms with Gasteiger partial charge in [0.25, 0.3) is 10.1 Å². The molecule has 7 nitrogen and oxygen atoms in total. The smallest absolute Gasteiger partial charge is 1.00 e. The van der Waals surface area contributed by atoms with E-state index < -0.39 is 33.7 Å². The predicted molar refractivity (Wildman–Crippen MR) is 111 cm³/mol. The Kier molecular flexibility index (Phi) is 24.2. The molecule has 0 aromatic rings. The summed E-state index contributed by atoms with van der Waals surface area (Å²) in [5.74, 6) is -1.61. The third kappa shape index (κ3) is 16.5. The van der Waals surface area contributed by atoms with Crippen LogP contribution < -0.4 is 59.1 Å². The fraction of sp³-hybridized carbons (Fsp3) is 0.900. The Bertz CT molecular complexity index is 566. The normalized spacial score (nSPS) is 13.9. The van der Waals surface area contributed by atoms with Gasteiger partial charge in [-0.15, -0.1) is 0 Å². The Morgan fingerprint density at radius 1 is 0.867 bits per heavy atom. The van der Waals surface area contributed by atoms with Gasteiger partial charge >= 0.3 is 71.1 Å². The monoisotopic (exact) mass is 470 g/mol. The molecule has 0 aliphatic heterocycles. The number of carbonyl (C=O) groups is 2. The molecule has 0 heterocycles. The Morgan fingerprint density at radius 2 is 1.30 bits per heavy atom. The largest absolute Gasteiger partial charge is 1.00 e. The van der Waals surface area contributed by atoms with Crippen LogP contribution in [-0.4, -0.2) is 43.4 Å². The van der Waals surface area contributed by atoms with Gasteiger partial charge < -0.3 is 12.3 Å². The first-order valence-corrected chi connectivity index (χ1v) is 12.0. The molecule has 10 heteroatoms. The number of hydrogen-bond donors (Lipinski definition) is 1. The molecule has 0 radical (unpaired) electrons. The topological polar surface area (TPSA) is 107 Å². The van der Waals surface area contributed by atoms with Gasteiger partial charge in [0, 0.05) is 0 Å². The maximum absolute atomic E-state index is 12.2. The second-order valence-corrected chi connectivity index (χ2v) is 8.95. The minimum Gasteiger partial charge on any atom is -1.00 e. The van der Waals surface area contributed by atoms with Gasteiger partial charge in [-0.1, -0.05) is 66.2 Å². The fourth-order valence-corrected chi connectivity index (χ4v) is 3.48. The van der Waals surface area contributed by atoms with E-state index in [1.807, 2.05) is 13.8 Å². The first-order chi connectivity index (χ1) is 13.2. The van der Waals surface area contributed by atoms with Crippen molar-refractivity contribution in [3.63, 3.8) is 0 Å². The van der Waals surface area contributed by atoms with Gasteiger partial charge in [-0.25, -0.2) is 0 Å². The summed E-state index contributed by atoms with van der Waals surface area (Å²) < 4.78 is 42.8. The molecule has 0 aliphatic rings. The van der Waals surface area contributed by atoms with Crippen molar-refractivity contribution in [1.82, 2.24) is 0 Å². The molecule has 0 saturated carbocycles. The number of ether oxygens (including phenoxy) is 2. The van der Waals surface area contributed by atoms with Crippen LogP contribution in [0.5, 0.6) is 0 Å². The number of unbranched alkanes of at least 4 members (excludes halogenated alkanes) is 2. The van der Waals surface area contributed by atoms with Crippen molar-refractivity contribution in [2.45, 2.75) is 90.7 Å². The van der Waals surface area contributed by atoms with E-state index in [1.54, 1.807) is 0 Å². The summed E-state index contributed by atoms with van der Waals surface area (Å²) in [5.41, 5.74) is 0. The molecule has 0 aromatic heterocycles. The molecular weight excluding hydrogens is 430 g/mol. The van der Waals surface area contributed by atoms with Crippen molar-refractivity contribution in [3.05, 3.63) is 0 Å². The zero-order chi connectivity index (χ0) is 21.6. The number of hydrogen-bond acceptors (Lipinski definition) is 6. The van der Waals surface area contributed by atoms with Gasteiger partial charge in [-0.05, 0) is 24.7 Å². The average molecular weight is 471 g/mol. The third-order valence-electron chi connectivity index (χ3n) is 5.00. The Morgan fingerprint density at radius 3 is 1.67 bits per heavy atom. The van der Waals surface area contributed by atoms with E-state index in [0.717, 1.165) is 51.4 Å². The van der Waals surface area contributed by atoms with Crippen molar-refractivity contribution in [2.75, 3.05) is 13.2 Å². The zero-order valence-electron chi connectivity index (χ0n) is 21.8. The summed E-state index contributed by atoms with van der Waals surface area (Å²) in [6, 6.07) is 0. The SMILES string of the molecule is CCCCC(CC)COC(=O)CC(C(=O)OCC(CC)CCCC)S(=O)(=O)O.[H-].[H-].[Na+].[Na+]. The van der Waals surface area contributed by atoms with Gasteiger partial charge in [0.15, 0.2) is 5.25 Å². The third-order valence-corrected chi connectivity index (χ3v) is 6.08. The molecule has 0 aromatic carbocycles. The number of rotatable bonds is 16. The van der Waals surface area contributed by atoms with Crippen LogP contribution in [0, 0.1) is 11.8 Å². The minimum atomic E-state index is -4.76. The van der Waals surface area contributed by atoms with Gasteiger partial charge in [0.1, 0.15) is 0 Å². The van der Waals surface area contributed by atoms with Crippen LogP contribution in [0.4, 0.5) is 0 Å². The summed E-state index contributed by atoms with van der Waals surface area (Å²) in [4.78, 5) is 24.2. The van der Waals surface area contributed by atoms with Crippen LogP contribution in [0.3, 0.4) is 0 Å². The first kappa shape index (κ1) is 35.4. The quantitative estimate of drug-likeness (QED) is 0.164. The molecule has 0 spiro atoms. The summed E-state index contributed by atoms with van der Waals surface area (Å²) in [7, 11) is -4.76. The van der Waals surface area contributed by atoms with Crippen molar-refractivity contribution in [3.8, 4) is 0 Å². The van der Waals surface area contributed by atoms with Gasteiger partial charge in [0.05, 0.1) is 19.6 Å². The van der Waals surface area contributed by atoms with Crippen LogP contribution in [-0.2, 0) is 29.2 Å². The van der Waals surface area contributed by atoms with Gasteiger partial charge in [0.2, 0.25) is 0 Å². The van der Waals surface area contributed by atoms with Crippen LogP contribution >= 0.6 is 0 Å². The molecule has 30 heavy (non-hydrogen) atoms. The molecule has 0 aliphatic carbocycles. The molecule has 0 amide bonds. The fourth-order valence-electron chi connectivity index (χ4n) is 2.82. The Hall–Kier alpha value is 0.850. The van der Waals surface area contributed by atoms with E-state index in [1.165, 1.54) is 0 Å². The predicted octanol–water partition coefficient (Wildman–Crippen LogP) is -1.61. The van der Waals surface area contributed by atoms with Crippen LogP contribution in [0.2, 0.25) is 0 Å². The van der Waals surface area contributed by atoms with Crippen molar-refractivity contribution < 1.29 is 94.0 Å². The first-order valence-electron chi connectivity index (χ1n) is 10.5. The summed E-state index contributed by atoms with van der Waals surface area (Å²) in [5, 5.41) is -1.95. The van der Waals surface area contributed by atoms with Crippen LogP contribution in [0.25, 0.3) is 0 Å². The maximum atomic E-state index is 12.2. The molecule has 3 unspecified atom stereocenters. The zero-order valence-corrected chi connectivity index (χ0v) is 24.6. The van der Waals surface area contributed by atoms with Crippen molar-refractivity contribution in [1.29, 1.82) is 0 Å². The van der Waals surface area contributed by atoms with Crippen molar-refractivity contribution >= 4 is 22.1 Å². The number of carbonyl (C=O) groups excluding carboxylic acids is 2. The Labute approximate surface area is 230 Å². The summed E-state index contributed by atoms with van der Waals surface area (Å²) in [6.45, 7) is 8.35. The van der Waals surface area contributed by atoms with E-state index in [-0.39, 0.29) is 87.0 Å². The van der Waals surface area contributed by atoms with Gasteiger partial charge in [-0.3, -0.25) is 14.1 Å². The van der Waals surface area contributed by atoms with E-state index in [0.29, 0.717) is 0 Å². The number of esters is 2. The van der Waals surface area contributed by atoms with Crippen molar-refractivity contribution in [2.24, 2.45) is 11.8 Å². The molecule has 0 fully saturated rings. The molecule has 3 atom stereocenters. The maximum Gasteiger partial charge on any atom is 1.00 e. The van der Waals surface area contributed by atoms with E-state index in [9.17, 15) is 22.6 Å². The van der Waals surface area contributed by atoms with Crippen LogP contribution in [0.15, 0.2) is 0 Å². The minimum absolute atomic E-state index is 0.